The second kappa shape index (κ2) is 9.32. The molecule has 0 aliphatic heterocycles. The number of hydrogen-bond donors (Lipinski definition) is 2. The van der Waals surface area contributed by atoms with Gasteiger partial charge in [0.1, 0.15) is 10.7 Å². The Balaban J connectivity index is 1.31. The van der Waals surface area contributed by atoms with Gasteiger partial charge in [-0.3, -0.25) is 9.59 Å². The van der Waals surface area contributed by atoms with E-state index in [2.05, 4.69) is 32.3 Å². The van der Waals surface area contributed by atoms with E-state index < -0.39 is 0 Å². The van der Waals surface area contributed by atoms with E-state index in [4.69, 9.17) is 0 Å². The average molecular weight is 443 g/mol. The number of carbonyl (C=O) groups is 1. The number of nitrogens with zero attached hydrogens (tertiary/aromatic N) is 2. The summed E-state index contributed by atoms with van der Waals surface area (Å²) in [5.74, 6) is 1.47. The Labute approximate surface area is 184 Å². The lowest BCUT2D eigenvalue weighted by atomic mass is 10.1. The minimum absolute atomic E-state index is 0.0127. The monoisotopic (exact) mass is 442 g/mol. The minimum atomic E-state index is -0.0452. The Morgan fingerprint density at radius 2 is 2.10 bits per heavy atom. The van der Waals surface area contributed by atoms with Gasteiger partial charge in [-0.2, -0.15) is 0 Å². The van der Waals surface area contributed by atoms with E-state index in [0.717, 1.165) is 29.5 Å². The molecule has 1 atom stereocenters. The Bertz CT molecular complexity index is 1090. The first-order valence-corrected chi connectivity index (χ1v) is 12.1. The van der Waals surface area contributed by atoms with E-state index in [0.29, 0.717) is 23.9 Å². The van der Waals surface area contributed by atoms with Crippen LogP contribution in [0.5, 0.6) is 0 Å². The second-order valence-electron chi connectivity index (χ2n) is 7.74. The molecule has 1 unspecified atom stereocenters. The summed E-state index contributed by atoms with van der Waals surface area (Å²) in [4.78, 5) is 36.6. The zero-order valence-corrected chi connectivity index (χ0v) is 18.9. The van der Waals surface area contributed by atoms with Crippen molar-refractivity contribution in [3.63, 3.8) is 0 Å². The van der Waals surface area contributed by atoms with Gasteiger partial charge >= 0.3 is 0 Å². The number of thioether (sulfide) groups is 1. The highest BCUT2D eigenvalue weighted by molar-refractivity contribution is 7.99. The molecule has 30 heavy (non-hydrogen) atoms. The maximum Gasteiger partial charge on any atom is 0.259 e. The van der Waals surface area contributed by atoms with Gasteiger partial charge in [-0.25, -0.2) is 4.98 Å². The van der Waals surface area contributed by atoms with Crippen LogP contribution in [-0.4, -0.2) is 47.2 Å². The number of aromatic nitrogens is 2. The van der Waals surface area contributed by atoms with Crippen molar-refractivity contribution in [2.75, 3.05) is 26.4 Å². The summed E-state index contributed by atoms with van der Waals surface area (Å²) >= 11 is 3.11. The summed E-state index contributed by atoms with van der Waals surface area (Å²) in [7, 11) is 4.02. The molecule has 8 heteroatoms. The van der Waals surface area contributed by atoms with Crippen LogP contribution in [0, 0.1) is 0 Å². The standard InChI is InChI=1S/C22H26N4O2S2/c1-26(2)16(14-7-4-3-5-8-14)11-23-19(27)13-29-12-18-24-21(28)20-15-9-6-10-17(15)30-22(20)25-18/h3-5,7-8,16H,6,9-13H2,1-2H3,(H,23,27)(H,24,25,28). The summed E-state index contributed by atoms with van der Waals surface area (Å²) in [6, 6.07) is 10.3. The molecule has 1 aromatic carbocycles. The Hall–Kier alpha value is -2.16. The fraction of sp³-hybridized carbons (Fsp3) is 0.409. The molecule has 6 nitrogen and oxygen atoms in total. The number of nitrogens with one attached hydrogen (secondary N) is 2. The summed E-state index contributed by atoms with van der Waals surface area (Å²) < 4.78 is 0. The number of rotatable bonds is 8. The lowest BCUT2D eigenvalue weighted by molar-refractivity contribution is -0.118. The van der Waals surface area contributed by atoms with Crippen LogP contribution in [0.25, 0.3) is 10.2 Å². The average Bonchev–Trinajstić information content (AvgIpc) is 3.29. The molecule has 0 spiro atoms. The number of thiophene rings is 1. The Kier molecular flexibility index (Phi) is 6.55. The fourth-order valence-corrected chi connectivity index (χ4v) is 5.89. The van der Waals surface area contributed by atoms with E-state index in [1.807, 2.05) is 32.3 Å². The molecule has 4 rings (SSSR count). The predicted molar refractivity (Wildman–Crippen MR) is 124 cm³/mol. The zero-order valence-electron chi connectivity index (χ0n) is 17.2. The lowest BCUT2D eigenvalue weighted by Crippen LogP contribution is -2.35. The van der Waals surface area contributed by atoms with Crippen LogP contribution in [0.3, 0.4) is 0 Å². The Morgan fingerprint density at radius 3 is 2.87 bits per heavy atom. The third-order valence-electron chi connectivity index (χ3n) is 5.40. The Morgan fingerprint density at radius 1 is 1.30 bits per heavy atom. The van der Waals surface area contributed by atoms with Gasteiger partial charge in [-0.15, -0.1) is 23.1 Å². The van der Waals surface area contributed by atoms with Crippen LogP contribution < -0.4 is 10.9 Å². The first kappa shape index (κ1) is 21.1. The van der Waals surface area contributed by atoms with E-state index in [1.54, 1.807) is 11.3 Å². The van der Waals surface area contributed by atoms with Gasteiger partial charge in [0.25, 0.3) is 5.56 Å². The number of likely N-dealkylation sites (N-methyl/N-ethyl adjacent to an activating group) is 1. The molecule has 1 amide bonds. The van der Waals surface area contributed by atoms with Crippen LogP contribution in [0.15, 0.2) is 35.1 Å². The van der Waals surface area contributed by atoms with Gasteiger partial charge in [-0.1, -0.05) is 30.3 Å². The van der Waals surface area contributed by atoms with Crippen molar-refractivity contribution in [1.82, 2.24) is 20.2 Å². The highest BCUT2D eigenvalue weighted by atomic mass is 32.2. The van der Waals surface area contributed by atoms with E-state index in [9.17, 15) is 9.59 Å². The fourth-order valence-electron chi connectivity index (χ4n) is 3.89. The quantitative estimate of drug-likeness (QED) is 0.560. The summed E-state index contributed by atoms with van der Waals surface area (Å²) in [5.41, 5.74) is 2.32. The van der Waals surface area contributed by atoms with Crippen molar-refractivity contribution in [2.45, 2.75) is 31.1 Å². The van der Waals surface area contributed by atoms with Gasteiger partial charge in [0, 0.05) is 11.4 Å². The molecule has 0 saturated carbocycles. The zero-order chi connectivity index (χ0) is 21.1. The van der Waals surface area contributed by atoms with Crippen LogP contribution >= 0.6 is 23.1 Å². The summed E-state index contributed by atoms with van der Waals surface area (Å²) in [5, 5.41) is 3.80. The van der Waals surface area contributed by atoms with Crippen molar-refractivity contribution in [3.05, 3.63) is 62.5 Å². The number of amides is 1. The largest absolute Gasteiger partial charge is 0.353 e. The topological polar surface area (TPSA) is 78.1 Å². The first-order chi connectivity index (χ1) is 14.5. The maximum absolute atomic E-state index is 12.5. The van der Waals surface area contributed by atoms with Crippen molar-refractivity contribution >= 4 is 39.2 Å². The second-order valence-corrected chi connectivity index (χ2v) is 9.81. The molecule has 2 aromatic heterocycles. The molecule has 2 N–H and O–H groups in total. The van der Waals surface area contributed by atoms with Crippen LogP contribution in [0.2, 0.25) is 0 Å². The van der Waals surface area contributed by atoms with Crippen LogP contribution in [0.4, 0.5) is 0 Å². The van der Waals surface area contributed by atoms with Gasteiger partial charge in [0.2, 0.25) is 5.91 Å². The van der Waals surface area contributed by atoms with Crippen LogP contribution in [-0.2, 0) is 23.4 Å². The lowest BCUT2D eigenvalue weighted by Gasteiger charge is -2.25. The SMILES string of the molecule is CN(C)C(CNC(=O)CSCc1nc2sc3c(c2c(=O)[nH]1)CCC3)c1ccccc1. The van der Waals surface area contributed by atoms with Gasteiger partial charge < -0.3 is 15.2 Å². The first-order valence-electron chi connectivity index (χ1n) is 10.1. The third kappa shape index (κ3) is 4.61. The highest BCUT2D eigenvalue weighted by Crippen LogP contribution is 2.34. The van der Waals surface area contributed by atoms with Gasteiger partial charge in [-0.05, 0) is 44.5 Å². The number of H-pyrrole nitrogens is 1. The van der Waals surface area contributed by atoms with Gasteiger partial charge in [0.15, 0.2) is 0 Å². The number of carbonyl (C=O) groups excluding carboxylic acids is 1. The van der Waals surface area contributed by atoms with E-state index >= 15 is 0 Å². The summed E-state index contributed by atoms with van der Waals surface area (Å²) in [6.07, 6.45) is 3.16. The molecule has 1 aliphatic rings. The molecule has 3 aromatic rings. The normalized spacial score (nSPS) is 14.2. The summed E-state index contributed by atoms with van der Waals surface area (Å²) in [6.45, 7) is 0.554. The molecule has 0 bridgehead atoms. The molecule has 158 valence electrons. The molecular formula is C22H26N4O2S2. The molecule has 0 fully saturated rings. The highest BCUT2D eigenvalue weighted by Gasteiger charge is 2.21. The molecule has 2 heterocycles. The predicted octanol–water partition coefficient (Wildman–Crippen LogP) is 3.13. The van der Waals surface area contributed by atoms with Crippen molar-refractivity contribution < 1.29 is 4.79 Å². The maximum atomic E-state index is 12.5. The third-order valence-corrected chi connectivity index (χ3v) is 7.53. The van der Waals surface area contributed by atoms with Crippen molar-refractivity contribution in [2.24, 2.45) is 0 Å². The molecule has 1 aliphatic carbocycles. The van der Waals surface area contributed by atoms with Crippen molar-refractivity contribution in [3.8, 4) is 0 Å². The molecular weight excluding hydrogens is 416 g/mol. The molecule has 0 saturated heterocycles. The van der Waals surface area contributed by atoms with E-state index in [1.165, 1.54) is 27.8 Å². The van der Waals surface area contributed by atoms with Gasteiger partial charge in [0.05, 0.1) is 22.9 Å². The number of benzene rings is 1. The van der Waals surface area contributed by atoms with Crippen molar-refractivity contribution in [1.29, 1.82) is 0 Å². The molecule has 0 radical (unpaired) electrons. The minimum Gasteiger partial charge on any atom is -0.353 e. The number of hydrogen-bond acceptors (Lipinski definition) is 6. The van der Waals surface area contributed by atoms with Crippen LogP contribution in [0.1, 0.15) is 34.3 Å². The number of aryl methyl sites for hydroxylation is 2. The van der Waals surface area contributed by atoms with E-state index in [-0.39, 0.29) is 17.5 Å². The number of fused-ring (bicyclic) bond motifs is 3. The number of aromatic amines is 1. The smallest absolute Gasteiger partial charge is 0.259 e.